The van der Waals surface area contributed by atoms with E-state index in [1.807, 2.05) is 26.8 Å². The average molecular weight is 647 g/mol. The van der Waals surface area contributed by atoms with E-state index >= 15 is 0 Å². The third-order valence-electron chi connectivity index (χ3n) is 7.82. The van der Waals surface area contributed by atoms with E-state index in [-0.39, 0.29) is 6.04 Å². The topological polar surface area (TPSA) is 40.0 Å². The fourth-order valence-electron chi connectivity index (χ4n) is 5.60. The second kappa shape index (κ2) is 14.4. The molecule has 0 aliphatic heterocycles. The lowest BCUT2D eigenvalue weighted by Crippen LogP contribution is -2.41. The van der Waals surface area contributed by atoms with Gasteiger partial charge in [0.25, 0.3) is 0 Å². The van der Waals surface area contributed by atoms with Gasteiger partial charge in [-0.15, -0.1) is 4.72 Å². The maximum Gasteiger partial charge on any atom is 0.136 e. The van der Waals surface area contributed by atoms with Crippen molar-refractivity contribution in [3.05, 3.63) is 162 Å². The van der Waals surface area contributed by atoms with Gasteiger partial charge in [0, 0.05) is 32.9 Å². The molecule has 0 aliphatic rings. The largest absolute Gasteiger partial charge is 0.598 e. The number of hydrogen-bond donors (Lipinski definition) is 1. The molecule has 1 heterocycles. The van der Waals surface area contributed by atoms with Gasteiger partial charge in [-0.2, -0.15) is 0 Å². The first-order valence-electron chi connectivity index (χ1n) is 15.4. The number of benzene rings is 5. The van der Waals surface area contributed by atoms with Crippen LogP contribution in [-0.2, 0) is 17.8 Å². The molecule has 2 atom stereocenters. The Morgan fingerprint density at radius 1 is 0.711 bits per heavy atom. The van der Waals surface area contributed by atoms with E-state index in [0.29, 0.717) is 0 Å². The second-order valence-corrected chi connectivity index (χ2v) is 17.3. The smallest absolute Gasteiger partial charge is 0.136 e. The third kappa shape index (κ3) is 7.41. The van der Waals surface area contributed by atoms with E-state index in [4.69, 9.17) is 0 Å². The Morgan fingerprint density at radius 2 is 1.22 bits per heavy atom. The number of aromatic nitrogens is 1. The standard InChI is InChI=1S/C39H39N2OPS2/c1-39(2,3)45(42)40-38(30-18-8-4-9-19-30)37-34-26-16-17-27-35(34)41(44-33-24-14-7-15-25-33)36(37)28-29-43(31-20-10-5-11-21-31)32-22-12-6-13-23-32/h4-27,38,40H,28-29H2,1-3H3/t38-,45+/m0/s1. The van der Waals surface area contributed by atoms with Gasteiger partial charge in [-0.05, 0) is 87.6 Å². The first-order chi connectivity index (χ1) is 21.9. The molecule has 6 aromatic rings. The minimum atomic E-state index is -1.28. The van der Waals surface area contributed by atoms with Crippen LogP contribution < -0.4 is 15.3 Å². The summed E-state index contributed by atoms with van der Waals surface area (Å²) in [7, 11) is -0.600. The summed E-state index contributed by atoms with van der Waals surface area (Å²) in [6.45, 7) is 6.08. The molecular formula is C39H39N2OPS2. The molecule has 3 nitrogen and oxygen atoms in total. The lowest BCUT2D eigenvalue weighted by molar-refractivity contribution is 0.535. The van der Waals surface area contributed by atoms with Gasteiger partial charge in [-0.3, -0.25) is 3.97 Å². The summed E-state index contributed by atoms with van der Waals surface area (Å²) in [5.41, 5.74) is 4.74. The third-order valence-corrected chi connectivity index (χ3v) is 13.0. The fraction of sp³-hybridized carbons (Fsp3) is 0.179. The second-order valence-electron chi connectivity index (χ2n) is 12.0. The normalized spacial score (nSPS) is 13.3. The molecule has 0 amide bonds. The van der Waals surface area contributed by atoms with E-state index in [1.54, 1.807) is 11.9 Å². The zero-order valence-corrected chi connectivity index (χ0v) is 28.5. The molecule has 0 spiro atoms. The summed E-state index contributed by atoms with van der Waals surface area (Å²) in [4.78, 5) is 1.18. The van der Waals surface area contributed by atoms with Crippen molar-refractivity contribution in [2.75, 3.05) is 6.16 Å². The molecule has 228 valence electrons. The van der Waals surface area contributed by atoms with E-state index < -0.39 is 24.0 Å². The Labute approximate surface area is 276 Å². The molecule has 0 fully saturated rings. The van der Waals surface area contributed by atoms with E-state index in [9.17, 15) is 4.55 Å². The van der Waals surface area contributed by atoms with Crippen molar-refractivity contribution >= 4 is 52.7 Å². The molecule has 0 bridgehead atoms. The van der Waals surface area contributed by atoms with Gasteiger partial charge in [0.2, 0.25) is 0 Å². The lowest BCUT2D eigenvalue weighted by Gasteiger charge is -2.29. The zero-order valence-electron chi connectivity index (χ0n) is 26.0. The highest BCUT2D eigenvalue weighted by Crippen LogP contribution is 2.42. The number of para-hydroxylation sites is 1. The van der Waals surface area contributed by atoms with Gasteiger partial charge in [-0.25, -0.2) is 0 Å². The predicted molar refractivity (Wildman–Crippen MR) is 197 cm³/mol. The molecule has 6 heteroatoms. The van der Waals surface area contributed by atoms with Gasteiger partial charge in [0.05, 0.1) is 5.52 Å². The highest BCUT2D eigenvalue weighted by molar-refractivity contribution is 7.98. The summed E-state index contributed by atoms with van der Waals surface area (Å²) < 4.78 is 19.4. The van der Waals surface area contributed by atoms with Crippen LogP contribution in [0.1, 0.15) is 43.6 Å². The highest BCUT2D eigenvalue weighted by Gasteiger charge is 2.34. The van der Waals surface area contributed by atoms with Gasteiger partial charge in [-0.1, -0.05) is 127 Å². The number of rotatable bonds is 11. The summed E-state index contributed by atoms with van der Waals surface area (Å²) in [5.74, 6) is 0. The van der Waals surface area contributed by atoms with Crippen molar-refractivity contribution < 1.29 is 4.55 Å². The quantitative estimate of drug-likeness (QED) is 0.113. The van der Waals surface area contributed by atoms with Crippen LogP contribution >= 0.6 is 19.9 Å². The molecule has 6 rings (SSSR count). The lowest BCUT2D eigenvalue weighted by atomic mass is 9.96. The molecule has 0 saturated carbocycles. The Hall–Kier alpha value is -3.31. The Kier molecular flexibility index (Phi) is 10.1. The fourth-order valence-corrected chi connectivity index (χ4v) is 9.78. The Bertz CT molecular complexity index is 1770. The van der Waals surface area contributed by atoms with Crippen LogP contribution in [0.25, 0.3) is 10.9 Å². The monoisotopic (exact) mass is 646 g/mol. The van der Waals surface area contributed by atoms with Crippen molar-refractivity contribution in [1.29, 1.82) is 0 Å². The maximum atomic E-state index is 13.8. The van der Waals surface area contributed by atoms with Crippen molar-refractivity contribution in [1.82, 2.24) is 8.69 Å². The first kappa shape index (κ1) is 31.7. The molecule has 0 aliphatic carbocycles. The minimum absolute atomic E-state index is 0.247. The molecule has 0 radical (unpaired) electrons. The van der Waals surface area contributed by atoms with E-state index in [0.717, 1.165) is 18.1 Å². The van der Waals surface area contributed by atoms with Crippen LogP contribution in [-0.4, -0.2) is 19.4 Å². The van der Waals surface area contributed by atoms with Crippen molar-refractivity contribution in [3.63, 3.8) is 0 Å². The molecule has 45 heavy (non-hydrogen) atoms. The van der Waals surface area contributed by atoms with Crippen molar-refractivity contribution in [2.24, 2.45) is 0 Å². The molecular weight excluding hydrogens is 608 g/mol. The van der Waals surface area contributed by atoms with Crippen molar-refractivity contribution in [2.45, 2.75) is 42.9 Å². The van der Waals surface area contributed by atoms with Crippen molar-refractivity contribution in [3.8, 4) is 0 Å². The average Bonchev–Trinajstić information content (AvgIpc) is 3.37. The van der Waals surface area contributed by atoms with Crippen LogP contribution in [0, 0.1) is 0 Å². The van der Waals surface area contributed by atoms with Crippen LogP contribution in [0.4, 0.5) is 0 Å². The zero-order chi connectivity index (χ0) is 31.2. The summed E-state index contributed by atoms with van der Waals surface area (Å²) in [6.07, 6.45) is 1.86. The van der Waals surface area contributed by atoms with E-state index in [2.05, 4.69) is 148 Å². The SMILES string of the molecule is CC(C)(C)[S@@+]([O-])N[C@@H](c1ccccc1)c1c(CCP(c2ccccc2)c2ccccc2)n(Sc2ccccc2)c2ccccc12. The Balaban J connectivity index is 1.53. The molecule has 0 saturated heterocycles. The first-order valence-corrected chi connectivity index (χ1v) is 18.8. The molecule has 0 unspecified atom stereocenters. The van der Waals surface area contributed by atoms with Gasteiger partial charge >= 0.3 is 0 Å². The molecule has 5 aromatic carbocycles. The van der Waals surface area contributed by atoms with Crippen LogP contribution in [0.15, 0.2) is 150 Å². The summed E-state index contributed by atoms with van der Waals surface area (Å²) in [5, 5.41) is 3.95. The number of nitrogens with zero attached hydrogens (tertiary/aromatic N) is 1. The van der Waals surface area contributed by atoms with Crippen LogP contribution in [0.3, 0.4) is 0 Å². The minimum Gasteiger partial charge on any atom is -0.598 e. The number of hydrogen-bond acceptors (Lipinski definition) is 3. The number of fused-ring (bicyclic) bond motifs is 1. The Morgan fingerprint density at radius 3 is 1.80 bits per heavy atom. The van der Waals surface area contributed by atoms with Crippen LogP contribution in [0.2, 0.25) is 0 Å². The van der Waals surface area contributed by atoms with Gasteiger partial charge < -0.3 is 4.55 Å². The number of nitrogens with one attached hydrogen (secondary N) is 1. The van der Waals surface area contributed by atoms with Crippen LogP contribution in [0.5, 0.6) is 0 Å². The van der Waals surface area contributed by atoms with Gasteiger partial charge in [0.15, 0.2) is 0 Å². The van der Waals surface area contributed by atoms with E-state index in [1.165, 1.54) is 37.7 Å². The highest BCUT2D eigenvalue weighted by atomic mass is 32.2. The molecule has 1 N–H and O–H groups in total. The molecule has 1 aromatic heterocycles. The van der Waals surface area contributed by atoms with Gasteiger partial charge in [0.1, 0.15) is 10.8 Å². The summed E-state index contributed by atoms with van der Waals surface area (Å²) in [6, 6.07) is 51.4. The predicted octanol–water partition coefficient (Wildman–Crippen LogP) is 9.01. The summed E-state index contributed by atoms with van der Waals surface area (Å²) >= 11 is 0.483. The maximum absolute atomic E-state index is 13.8.